The van der Waals surface area contributed by atoms with Gasteiger partial charge in [0.1, 0.15) is 17.2 Å². The van der Waals surface area contributed by atoms with Crippen molar-refractivity contribution in [3.05, 3.63) is 46.5 Å². The van der Waals surface area contributed by atoms with E-state index in [0.29, 0.717) is 21.7 Å². The monoisotopic (exact) mass is 265 g/mol. The SMILES string of the molecule is CC1C(F)=Cc2c(ccc3c(Cl)nccc23)C1F. The number of rotatable bonds is 0. The summed E-state index contributed by atoms with van der Waals surface area (Å²) in [6.07, 6.45) is 1.62. The van der Waals surface area contributed by atoms with Gasteiger partial charge in [-0.05, 0) is 28.7 Å². The normalized spacial score (nSPS) is 22.8. The van der Waals surface area contributed by atoms with Gasteiger partial charge >= 0.3 is 0 Å². The number of halogens is 3. The molecule has 0 saturated heterocycles. The number of aromatic nitrogens is 1. The molecule has 4 heteroatoms. The molecule has 1 aliphatic rings. The third-order valence-electron chi connectivity index (χ3n) is 3.43. The minimum absolute atomic E-state index is 0.345. The molecule has 1 aromatic carbocycles. The van der Waals surface area contributed by atoms with Gasteiger partial charge in [0.15, 0.2) is 0 Å². The molecule has 2 unspecified atom stereocenters. The maximum atomic E-state index is 14.1. The predicted molar refractivity (Wildman–Crippen MR) is 68.9 cm³/mol. The van der Waals surface area contributed by atoms with Crippen LogP contribution in [0.25, 0.3) is 16.8 Å². The average Bonchev–Trinajstić information content (AvgIpc) is 2.36. The average molecular weight is 266 g/mol. The van der Waals surface area contributed by atoms with Gasteiger partial charge in [0.25, 0.3) is 0 Å². The number of hydrogen-bond acceptors (Lipinski definition) is 1. The van der Waals surface area contributed by atoms with Crippen molar-refractivity contribution in [2.75, 3.05) is 0 Å². The lowest BCUT2D eigenvalue weighted by molar-refractivity contribution is 0.246. The molecule has 0 fully saturated rings. The molecule has 0 bridgehead atoms. The zero-order chi connectivity index (χ0) is 12.9. The van der Waals surface area contributed by atoms with Crippen LogP contribution in [0, 0.1) is 5.92 Å². The molecule has 0 radical (unpaired) electrons. The molecule has 2 aromatic rings. The second-order valence-electron chi connectivity index (χ2n) is 4.49. The molecule has 3 rings (SSSR count). The lowest BCUT2D eigenvalue weighted by Crippen LogP contribution is -2.12. The molecule has 1 nitrogen and oxygen atoms in total. The van der Waals surface area contributed by atoms with Crippen LogP contribution in [0.15, 0.2) is 30.2 Å². The number of fused-ring (bicyclic) bond motifs is 3. The van der Waals surface area contributed by atoms with E-state index >= 15 is 0 Å². The Labute approximate surface area is 108 Å². The van der Waals surface area contributed by atoms with Gasteiger partial charge in [-0.3, -0.25) is 0 Å². The van der Waals surface area contributed by atoms with Crippen molar-refractivity contribution in [1.82, 2.24) is 4.98 Å². The molecule has 1 heterocycles. The Bertz CT molecular complexity index is 666. The zero-order valence-electron chi connectivity index (χ0n) is 9.62. The number of pyridine rings is 1. The highest BCUT2D eigenvalue weighted by Gasteiger charge is 2.29. The molecule has 92 valence electrons. The van der Waals surface area contributed by atoms with Crippen molar-refractivity contribution in [2.45, 2.75) is 13.1 Å². The first-order chi connectivity index (χ1) is 8.59. The van der Waals surface area contributed by atoms with Gasteiger partial charge < -0.3 is 0 Å². The summed E-state index contributed by atoms with van der Waals surface area (Å²) >= 11 is 5.98. The van der Waals surface area contributed by atoms with Crippen LogP contribution >= 0.6 is 11.6 Å². The summed E-state index contributed by atoms with van der Waals surface area (Å²) in [7, 11) is 0. The standard InChI is InChI=1S/C14H10ClF2N/c1-7-12(16)6-11-8-4-5-18-14(15)10(8)3-2-9(11)13(7)17/h2-7,13H,1H3. The summed E-state index contributed by atoms with van der Waals surface area (Å²) in [5, 5.41) is 1.79. The Kier molecular flexibility index (Phi) is 2.59. The maximum Gasteiger partial charge on any atom is 0.136 e. The predicted octanol–water partition coefficient (Wildman–Crippen LogP) is 4.86. The van der Waals surface area contributed by atoms with Crippen molar-refractivity contribution >= 4 is 28.4 Å². The van der Waals surface area contributed by atoms with Gasteiger partial charge in [0.05, 0.1) is 0 Å². The lowest BCUT2D eigenvalue weighted by atomic mass is 9.86. The molecule has 0 N–H and O–H groups in total. The molecule has 0 spiro atoms. The zero-order valence-corrected chi connectivity index (χ0v) is 10.4. The van der Waals surface area contributed by atoms with Gasteiger partial charge in [-0.15, -0.1) is 0 Å². The second kappa shape index (κ2) is 4.02. The first kappa shape index (κ1) is 11.6. The van der Waals surface area contributed by atoms with Crippen LogP contribution in [0.3, 0.4) is 0 Å². The first-order valence-electron chi connectivity index (χ1n) is 5.68. The highest BCUT2D eigenvalue weighted by Crippen LogP contribution is 2.42. The summed E-state index contributed by atoms with van der Waals surface area (Å²) < 4.78 is 27.8. The summed E-state index contributed by atoms with van der Waals surface area (Å²) in [4.78, 5) is 3.97. The van der Waals surface area contributed by atoms with Crippen LogP contribution in [0.5, 0.6) is 0 Å². The number of benzene rings is 1. The van der Waals surface area contributed by atoms with E-state index in [1.54, 1.807) is 31.3 Å². The van der Waals surface area contributed by atoms with Crippen molar-refractivity contribution in [3.63, 3.8) is 0 Å². The Morgan fingerprint density at radius 2 is 2.00 bits per heavy atom. The molecular weight excluding hydrogens is 256 g/mol. The Hall–Kier alpha value is -1.48. The van der Waals surface area contributed by atoms with Crippen LogP contribution in [-0.4, -0.2) is 4.98 Å². The second-order valence-corrected chi connectivity index (χ2v) is 4.84. The van der Waals surface area contributed by atoms with Crippen LogP contribution < -0.4 is 0 Å². The highest BCUT2D eigenvalue weighted by molar-refractivity contribution is 6.34. The van der Waals surface area contributed by atoms with E-state index < -0.39 is 17.9 Å². The smallest absolute Gasteiger partial charge is 0.136 e. The summed E-state index contributed by atoms with van der Waals surface area (Å²) in [6, 6.07) is 5.13. The minimum atomic E-state index is -1.32. The first-order valence-corrected chi connectivity index (χ1v) is 6.05. The molecule has 18 heavy (non-hydrogen) atoms. The largest absolute Gasteiger partial charge is 0.244 e. The maximum absolute atomic E-state index is 14.1. The van der Waals surface area contributed by atoms with E-state index in [1.807, 2.05) is 0 Å². The van der Waals surface area contributed by atoms with Crippen LogP contribution in [0.2, 0.25) is 5.15 Å². The van der Waals surface area contributed by atoms with Gasteiger partial charge in [0, 0.05) is 17.5 Å². The van der Waals surface area contributed by atoms with Crippen molar-refractivity contribution in [1.29, 1.82) is 0 Å². The van der Waals surface area contributed by atoms with Crippen molar-refractivity contribution in [3.8, 4) is 0 Å². The van der Waals surface area contributed by atoms with Gasteiger partial charge in [-0.2, -0.15) is 0 Å². The van der Waals surface area contributed by atoms with E-state index in [2.05, 4.69) is 4.98 Å². The Morgan fingerprint density at radius 3 is 2.78 bits per heavy atom. The molecule has 0 saturated carbocycles. The fourth-order valence-corrected chi connectivity index (χ4v) is 2.56. The van der Waals surface area contributed by atoms with Crippen LogP contribution in [0.4, 0.5) is 8.78 Å². The third-order valence-corrected chi connectivity index (χ3v) is 3.73. The van der Waals surface area contributed by atoms with E-state index in [9.17, 15) is 8.78 Å². The Balaban J connectivity index is 2.39. The molecule has 1 aromatic heterocycles. The van der Waals surface area contributed by atoms with Crippen molar-refractivity contribution < 1.29 is 8.78 Å². The lowest BCUT2D eigenvalue weighted by Gasteiger charge is -2.23. The number of nitrogens with zero attached hydrogens (tertiary/aromatic N) is 1. The van der Waals surface area contributed by atoms with E-state index in [0.717, 1.165) is 5.39 Å². The molecule has 1 aliphatic carbocycles. The number of alkyl halides is 1. The van der Waals surface area contributed by atoms with Gasteiger partial charge in [-0.1, -0.05) is 30.7 Å². The molecular formula is C14H10ClF2N. The summed E-state index contributed by atoms with van der Waals surface area (Å²) in [5.41, 5.74) is 1.08. The summed E-state index contributed by atoms with van der Waals surface area (Å²) in [6.45, 7) is 1.54. The third kappa shape index (κ3) is 1.54. The quantitative estimate of drug-likeness (QED) is 0.620. The minimum Gasteiger partial charge on any atom is -0.244 e. The van der Waals surface area contributed by atoms with Crippen LogP contribution in [-0.2, 0) is 0 Å². The number of allylic oxidation sites excluding steroid dienone is 1. The molecule has 0 aliphatic heterocycles. The van der Waals surface area contributed by atoms with Crippen LogP contribution in [0.1, 0.15) is 24.2 Å². The van der Waals surface area contributed by atoms with Gasteiger partial charge in [-0.25, -0.2) is 13.8 Å². The fourth-order valence-electron chi connectivity index (χ4n) is 2.34. The summed E-state index contributed by atoms with van der Waals surface area (Å²) in [5.74, 6) is -1.16. The van der Waals surface area contributed by atoms with E-state index in [4.69, 9.17) is 11.6 Å². The van der Waals surface area contributed by atoms with Crippen molar-refractivity contribution in [2.24, 2.45) is 5.92 Å². The molecule has 0 amide bonds. The van der Waals surface area contributed by atoms with Gasteiger partial charge in [0.2, 0.25) is 0 Å². The number of hydrogen-bond donors (Lipinski definition) is 0. The fraction of sp³-hybridized carbons (Fsp3) is 0.214. The Morgan fingerprint density at radius 1 is 1.22 bits per heavy atom. The topological polar surface area (TPSA) is 12.9 Å². The van der Waals surface area contributed by atoms with E-state index in [-0.39, 0.29) is 0 Å². The molecule has 2 atom stereocenters. The highest BCUT2D eigenvalue weighted by atomic mass is 35.5. The van der Waals surface area contributed by atoms with E-state index in [1.165, 1.54) is 6.08 Å².